The molecule has 0 radical (unpaired) electrons. The molecule has 0 saturated carbocycles. The minimum absolute atomic E-state index is 0.354. The predicted octanol–water partition coefficient (Wildman–Crippen LogP) is 5.96. The number of aromatic nitrogens is 3. The molecule has 1 N–H and O–H groups in total. The van der Waals surface area contributed by atoms with Crippen molar-refractivity contribution in [2.75, 3.05) is 32.5 Å². The summed E-state index contributed by atoms with van der Waals surface area (Å²) in [5.41, 5.74) is 2.22. The lowest BCUT2D eigenvalue weighted by Crippen LogP contribution is -2.46. The van der Waals surface area contributed by atoms with Gasteiger partial charge in [0.15, 0.2) is 6.29 Å². The molecule has 0 unspecified atom stereocenters. The summed E-state index contributed by atoms with van der Waals surface area (Å²) in [6, 6.07) is 9.66. The zero-order valence-corrected chi connectivity index (χ0v) is 23.3. The van der Waals surface area contributed by atoms with Gasteiger partial charge >= 0.3 is 6.18 Å². The molecule has 7 nitrogen and oxygen atoms in total. The Balaban J connectivity index is 1.40. The monoisotopic (exact) mass is 579 g/mol. The topological polar surface area (TPSA) is 66.5 Å². The number of morpholine rings is 1. The van der Waals surface area contributed by atoms with Crippen molar-refractivity contribution >= 4 is 11.8 Å². The molecule has 0 amide bonds. The van der Waals surface area contributed by atoms with Crippen LogP contribution in [0.2, 0.25) is 0 Å². The highest BCUT2D eigenvalue weighted by molar-refractivity contribution is 7.98. The van der Waals surface area contributed by atoms with Crippen LogP contribution in [0.25, 0.3) is 0 Å². The summed E-state index contributed by atoms with van der Waals surface area (Å²) in [7, 11) is 0. The Bertz CT molecular complexity index is 1270. The van der Waals surface area contributed by atoms with Crippen LogP contribution in [0.1, 0.15) is 60.0 Å². The Hall–Kier alpha value is -2.51. The maximum Gasteiger partial charge on any atom is 0.416 e. The zero-order chi connectivity index (χ0) is 28.3. The number of benzene rings is 2. The number of rotatable bonds is 9. The van der Waals surface area contributed by atoms with Crippen molar-refractivity contribution in [3.63, 3.8) is 0 Å². The molecule has 3 aromatic rings. The van der Waals surface area contributed by atoms with Crippen molar-refractivity contribution < 1.29 is 27.0 Å². The van der Waals surface area contributed by atoms with Crippen LogP contribution in [0.3, 0.4) is 0 Å². The first-order chi connectivity index (χ1) is 19.2. The third kappa shape index (κ3) is 6.85. The number of alkyl halides is 3. The normalized spacial score (nSPS) is 21.6. The van der Waals surface area contributed by atoms with Gasteiger partial charge in [-0.05, 0) is 80.6 Å². The predicted molar refractivity (Wildman–Crippen MR) is 143 cm³/mol. The molecule has 216 valence electrons. The van der Waals surface area contributed by atoms with E-state index in [1.54, 1.807) is 31.4 Å². The number of hydrogen-bond acceptors (Lipinski definition) is 7. The maximum absolute atomic E-state index is 13.8. The van der Waals surface area contributed by atoms with E-state index in [2.05, 4.69) is 25.2 Å². The summed E-state index contributed by atoms with van der Waals surface area (Å²) >= 11 is 1.24. The van der Waals surface area contributed by atoms with Crippen LogP contribution in [-0.2, 0) is 28.7 Å². The van der Waals surface area contributed by atoms with Gasteiger partial charge in [-0.25, -0.2) is 4.39 Å². The van der Waals surface area contributed by atoms with Crippen LogP contribution in [-0.4, -0.2) is 64.0 Å². The van der Waals surface area contributed by atoms with E-state index in [0.29, 0.717) is 30.2 Å². The van der Waals surface area contributed by atoms with Crippen LogP contribution >= 0.6 is 11.8 Å². The lowest BCUT2D eigenvalue weighted by Gasteiger charge is -2.42. The molecule has 12 heteroatoms. The standard InChI is InChI=1S/C28H33F4N5O2S/c1-18(20-13-21(28(30,31)32)15-23(14-20)40-2)39-27-26(19-5-7-22(29)8-6-19)37(11-12-38-27)17-25-24(33-35-34-25)16-36-9-3-4-10-36/h5-8,13-15,18,26-27H,3-4,9-12,16-17H2,1-2H3,(H,33,34,35)/t18-,26+,27-/m1/s1. The molecule has 0 spiro atoms. The Labute approximate surface area is 235 Å². The lowest BCUT2D eigenvalue weighted by molar-refractivity contribution is -0.231. The number of halogens is 4. The average Bonchev–Trinajstić information content (AvgIpc) is 3.61. The fourth-order valence-corrected chi connectivity index (χ4v) is 5.81. The zero-order valence-electron chi connectivity index (χ0n) is 22.5. The van der Waals surface area contributed by atoms with E-state index in [-0.39, 0.29) is 5.82 Å². The van der Waals surface area contributed by atoms with Gasteiger partial charge in [-0.2, -0.15) is 13.2 Å². The fraction of sp³-hybridized carbons (Fsp3) is 0.500. The molecule has 2 fully saturated rings. The van der Waals surface area contributed by atoms with Crippen LogP contribution in [0, 0.1) is 5.82 Å². The number of hydrogen-bond donors (Lipinski definition) is 1. The number of ether oxygens (including phenoxy) is 2. The minimum Gasteiger partial charge on any atom is -0.349 e. The highest BCUT2D eigenvalue weighted by Crippen LogP contribution is 2.38. The van der Waals surface area contributed by atoms with Crippen LogP contribution in [0.5, 0.6) is 0 Å². The molecule has 2 saturated heterocycles. The Morgan fingerprint density at radius 2 is 1.85 bits per heavy atom. The fourth-order valence-electron chi connectivity index (χ4n) is 5.31. The van der Waals surface area contributed by atoms with Gasteiger partial charge in [0.25, 0.3) is 0 Å². The van der Waals surface area contributed by atoms with Crippen LogP contribution in [0.15, 0.2) is 47.4 Å². The summed E-state index contributed by atoms with van der Waals surface area (Å²) in [5.74, 6) is -0.365. The van der Waals surface area contributed by atoms with E-state index in [4.69, 9.17) is 9.47 Å². The van der Waals surface area contributed by atoms with Crippen LogP contribution in [0.4, 0.5) is 17.6 Å². The molecular formula is C28H33F4N5O2S. The summed E-state index contributed by atoms with van der Waals surface area (Å²) in [4.78, 5) is 5.01. The molecule has 2 aliphatic rings. The second-order valence-electron chi connectivity index (χ2n) is 10.2. The Kier molecular flexibility index (Phi) is 9.11. The lowest BCUT2D eigenvalue weighted by atomic mass is 10.0. The summed E-state index contributed by atoms with van der Waals surface area (Å²) < 4.78 is 67.0. The Morgan fingerprint density at radius 1 is 1.10 bits per heavy atom. The van der Waals surface area contributed by atoms with E-state index in [1.165, 1.54) is 36.7 Å². The average molecular weight is 580 g/mol. The largest absolute Gasteiger partial charge is 0.416 e. The quantitative estimate of drug-likeness (QED) is 0.248. The first-order valence-corrected chi connectivity index (χ1v) is 14.6. The van der Waals surface area contributed by atoms with Crippen molar-refractivity contribution in [1.82, 2.24) is 25.2 Å². The van der Waals surface area contributed by atoms with Gasteiger partial charge < -0.3 is 9.47 Å². The van der Waals surface area contributed by atoms with Crippen molar-refractivity contribution in [1.29, 1.82) is 0 Å². The van der Waals surface area contributed by atoms with E-state index < -0.39 is 30.2 Å². The van der Waals surface area contributed by atoms with E-state index in [1.807, 2.05) is 0 Å². The molecule has 5 rings (SSSR count). The summed E-state index contributed by atoms with van der Waals surface area (Å²) in [5, 5.41) is 11.5. The van der Waals surface area contributed by atoms with Gasteiger partial charge in [0.2, 0.25) is 0 Å². The van der Waals surface area contributed by atoms with Crippen molar-refractivity contribution in [2.45, 2.75) is 62.4 Å². The van der Waals surface area contributed by atoms with Gasteiger partial charge in [-0.1, -0.05) is 17.3 Å². The second-order valence-corrected chi connectivity index (χ2v) is 11.1. The molecule has 3 atom stereocenters. The minimum atomic E-state index is -4.47. The smallest absolute Gasteiger partial charge is 0.349 e. The van der Waals surface area contributed by atoms with Gasteiger partial charge in [0, 0.05) is 24.5 Å². The van der Waals surface area contributed by atoms with E-state index in [9.17, 15) is 17.6 Å². The molecule has 0 bridgehead atoms. The van der Waals surface area contributed by atoms with E-state index in [0.717, 1.165) is 48.7 Å². The van der Waals surface area contributed by atoms with Crippen molar-refractivity contribution in [3.8, 4) is 0 Å². The third-order valence-corrected chi connectivity index (χ3v) is 8.17. The van der Waals surface area contributed by atoms with Gasteiger partial charge in [0.05, 0.1) is 30.0 Å². The molecule has 2 aliphatic heterocycles. The molecule has 0 aliphatic carbocycles. The molecule has 3 heterocycles. The molecule has 40 heavy (non-hydrogen) atoms. The van der Waals surface area contributed by atoms with Gasteiger partial charge in [0.1, 0.15) is 11.5 Å². The summed E-state index contributed by atoms with van der Waals surface area (Å²) in [6.07, 6.45) is -1.89. The maximum atomic E-state index is 13.8. The first kappa shape index (κ1) is 29.0. The number of aromatic amines is 1. The Morgan fingerprint density at radius 3 is 2.55 bits per heavy atom. The molecular weight excluding hydrogens is 546 g/mol. The van der Waals surface area contributed by atoms with E-state index >= 15 is 0 Å². The number of thioether (sulfide) groups is 1. The van der Waals surface area contributed by atoms with Crippen molar-refractivity contribution in [3.05, 3.63) is 76.4 Å². The molecule has 1 aromatic heterocycles. The van der Waals surface area contributed by atoms with Crippen LogP contribution < -0.4 is 0 Å². The molecule has 2 aromatic carbocycles. The highest BCUT2D eigenvalue weighted by atomic mass is 32.2. The second kappa shape index (κ2) is 12.6. The summed E-state index contributed by atoms with van der Waals surface area (Å²) in [6.45, 7) is 5.90. The van der Waals surface area contributed by atoms with Gasteiger partial charge in [-0.3, -0.25) is 14.9 Å². The van der Waals surface area contributed by atoms with Crippen molar-refractivity contribution in [2.24, 2.45) is 0 Å². The number of nitrogens with one attached hydrogen (secondary N) is 1. The third-order valence-electron chi connectivity index (χ3n) is 7.46. The number of likely N-dealkylation sites (tertiary alicyclic amines) is 1. The van der Waals surface area contributed by atoms with Gasteiger partial charge in [-0.15, -0.1) is 16.9 Å². The number of nitrogens with zero attached hydrogens (tertiary/aromatic N) is 4. The SMILES string of the molecule is CSc1cc([C@@H](C)O[C@H]2OCCN(Cc3nn[nH]c3CN3CCCC3)[C@H]2c2ccc(F)cc2)cc(C(F)(F)F)c1. The number of H-pyrrole nitrogens is 1. The first-order valence-electron chi connectivity index (χ1n) is 13.3. The highest BCUT2D eigenvalue weighted by Gasteiger charge is 2.37.